The molecule has 0 radical (unpaired) electrons. The molecule has 2 aromatic carbocycles. The lowest BCUT2D eigenvalue weighted by molar-refractivity contribution is -0.134. The van der Waals surface area contributed by atoms with Crippen LogP contribution < -0.4 is 10.1 Å². The van der Waals surface area contributed by atoms with E-state index in [2.05, 4.69) is 10.3 Å². The zero-order valence-electron chi connectivity index (χ0n) is 19.3. The summed E-state index contributed by atoms with van der Waals surface area (Å²) in [5.41, 5.74) is 0.741. The van der Waals surface area contributed by atoms with Gasteiger partial charge in [0.25, 0.3) is 5.91 Å². The van der Waals surface area contributed by atoms with E-state index in [-0.39, 0.29) is 24.5 Å². The van der Waals surface area contributed by atoms with Crippen molar-refractivity contribution in [3.05, 3.63) is 71.1 Å². The molecule has 0 bridgehead atoms. The van der Waals surface area contributed by atoms with E-state index in [0.29, 0.717) is 17.3 Å². The third-order valence-electron chi connectivity index (χ3n) is 6.75. The van der Waals surface area contributed by atoms with Gasteiger partial charge in [0.1, 0.15) is 11.6 Å². The minimum atomic E-state index is -1.16. The number of nitrogens with one attached hydrogen (secondary N) is 1. The number of amides is 2. The third kappa shape index (κ3) is 4.44. The van der Waals surface area contributed by atoms with Crippen LogP contribution in [0.2, 0.25) is 0 Å². The van der Waals surface area contributed by atoms with E-state index < -0.39 is 5.54 Å². The molecule has 0 saturated heterocycles. The highest BCUT2D eigenvalue weighted by Gasteiger charge is 2.47. The Kier molecular flexibility index (Phi) is 6.37. The molecule has 2 amide bonds. The average molecular weight is 476 g/mol. The number of hydrogen-bond acceptors (Lipinski definition) is 5. The number of ether oxygens (including phenoxy) is 1. The summed E-state index contributed by atoms with van der Waals surface area (Å²) >= 11 is 1.31. The molecular formula is C27H29N3O3S. The van der Waals surface area contributed by atoms with E-state index in [1.54, 1.807) is 11.8 Å². The van der Waals surface area contributed by atoms with Gasteiger partial charge in [-0.2, -0.15) is 0 Å². The summed E-state index contributed by atoms with van der Waals surface area (Å²) in [5.74, 6) is -0.0828. The standard InChI is InChI=1S/C27H29N3O3S/c1-27(26(32)28-21-15-9-4-10-16-21)18-33-23-22(34-24(29-23)20-13-7-3-8-14-20)25(31)30(27)17-19-11-5-2-6-12-19/h2-3,5-8,11-14,21H,4,9-10,15-18H2,1H3,(H,28,32). The highest BCUT2D eigenvalue weighted by molar-refractivity contribution is 7.17. The first-order valence-electron chi connectivity index (χ1n) is 11.9. The largest absolute Gasteiger partial charge is 0.473 e. The molecule has 34 heavy (non-hydrogen) atoms. The minimum absolute atomic E-state index is 0.0507. The fourth-order valence-electron chi connectivity index (χ4n) is 4.67. The number of thiazole rings is 1. The maximum absolute atomic E-state index is 13.9. The first-order chi connectivity index (χ1) is 16.5. The second-order valence-electron chi connectivity index (χ2n) is 9.27. The Morgan fingerprint density at radius 1 is 1.09 bits per heavy atom. The van der Waals surface area contributed by atoms with Crippen molar-refractivity contribution in [3.63, 3.8) is 0 Å². The van der Waals surface area contributed by atoms with Gasteiger partial charge >= 0.3 is 0 Å². The van der Waals surface area contributed by atoms with Gasteiger partial charge in [0.05, 0.1) is 0 Å². The summed E-state index contributed by atoms with van der Waals surface area (Å²) in [5, 5.41) is 3.95. The second kappa shape index (κ2) is 9.58. The Balaban J connectivity index is 1.49. The lowest BCUT2D eigenvalue weighted by Crippen LogP contribution is -2.62. The van der Waals surface area contributed by atoms with Crippen LogP contribution >= 0.6 is 11.3 Å². The van der Waals surface area contributed by atoms with Gasteiger partial charge < -0.3 is 15.0 Å². The zero-order valence-corrected chi connectivity index (χ0v) is 20.1. The van der Waals surface area contributed by atoms with Crippen LogP contribution in [0.5, 0.6) is 5.88 Å². The maximum atomic E-state index is 13.9. The lowest BCUT2D eigenvalue weighted by Gasteiger charge is -2.39. The molecule has 1 unspecified atom stereocenters. The minimum Gasteiger partial charge on any atom is -0.473 e. The molecule has 1 aliphatic carbocycles. The number of aromatic nitrogens is 1. The Morgan fingerprint density at radius 2 is 1.76 bits per heavy atom. The van der Waals surface area contributed by atoms with Crippen LogP contribution in [0.3, 0.4) is 0 Å². The quantitative estimate of drug-likeness (QED) is 0.560. The van der Waals surface area contributed by atoms with E-state index in [1.165, 1.54) is 17.8 Å². The Labute approximate surface area is 204 Å². The smallest absolute Gasteiger partial charge is 0.270 e. The molecule has 1 aliphatic heterocycles. The summed E-state index contributed by atoms with van der Waals surface area (Å²) in [6.45, 7) is 2.17. The van der Waals surface area contributed by atoms with Gasteiger partial charge in [0, 0.05) is 18.2 Å². The highest BCUT2D eigenvalue weighted by atomic mass is 32.1. The molecule has 2 aliphatic rings. The SMILES string of the molecule is CC1(C(=O)NC2CCCCC2)COc2nc(-c3ccccc3)sc2C(=O)N1Cc1ccccc1. The van der Waals surface area contributed by atoms with E-state index in [1.807, 2.05) is 60.7 Å². The average Bonchev–Trinajstić information content (AvgIpc) is 3.28. The topological polar surface area (TPSA) is 71.5 Å². The number of benzene rings is 2. The van der Waals surface area contributed by atoms with Crippen molar-refractivity contribution in [3.8, 4) is 16.5 Å². The molecular weight excluding hydrogens is 446 g/mol. The normalized spacial score (nSPS) is 20.9. The molecule has 1 fully saturated rings. The van der Waals surface area contributed by atoms with E-state index in [9.17, 15) is 9.59 Å². The predicted octanol–water partition coefficient (Wildman–Crippen LogP) is 5.05. The second-order valence-corrected chi connectivity index (χ2v) is 10.3. The summed E-state index contributed by atoms with van der Waals surface area (Å²) in [6, 6.07) is 19.7. The Morgan fingerprint density at radius 3 is 2.47 bits per heavy atom. The van der Waals surface area contributed by atoms with Crippen LogP contribution in [-0.4, -0.2) is 39.9 Å². The molecule has 7 heteroatoms. The number of hydrogen-bond donors (Lipinski definition) is 1. The van der Waals surface area contributed by atoms with Gasteiger partial charge in [-0.3, -0.25) is 9.59 Å². The first-order valence-corrected chi connectivity index (χ1v) is 12.7. The van der Waals surface area contributed by atoms with Crippen LogP contribution in [0.4, 0.5) is 0 Å². The van der Waals surface area contributed by atoms with E-state index in [0.717, 1.165) is 41.8 Å². The molecule has 1 N–H and O–H groups in total. The number of nitrogens with zero attached hydrogens (tertiary/aromatic N) is 2. The number of carbonyl (C=O) groups is 2. The highest BCUT2D eigenvalue weighted by Crippen LogP contribution is 2.38. The maximum Gasteiger partial charge on any atom is 0.270 e. The predicted molar refractivity (Wildman–Crippen MR) is 133 cm³/mol. The molecule has 1 saturated carbocycles. The molecule has 176 valence electrons. The number of rotatable bonds is 5. The molecule has 3 aromatic rings. The fourth-order valence-corrected chi connectivity index (χ4v) is 5.63. The Hall–Kier alpha value is -3.19. The molecule has 1 atom stereocenters. The van der Waals surface area contributed by atoms with Crippen LogP contribution in [0, 0.1) is 0 Å². The van der Waals surface area contributed by atoms with Crippen molar-refractivity contribution in [2.24, 2.45) is 0 Å². The van der Waals surface area contributed by atoms with Crippen molar-refractivity contribution >= 4 is 23.2 Å². The molecule has 5 rings (SSSR count). The van der Waals surface area contributed by atoms with Crippen molar-refractivity contribution in [2.45, 2.75) is 57.2 Å². The third-order valence-corrected chi connectivity index (χ3v) is 7.83. The van der Waals surface area contributed by atoms with Gasteiger partial charge in [-0.05, 0) is 25.3 Å². The molecule has 1 aromatic heterocycles. The summed E-state index contributed by atoms with van der Waals surface area (Å²) in [7, 11) is 0. The number of fused-ring (bicyclic) bond motifs is 1. The van der Waals surface area contributed by atoms with Crippen molar-refractivity contribution in [1.29, 1.82) is 0 Å². The van der Waals surface area contributed by atoms with Gasteiger partial charge in [0.15, 0.2) is 10.4 Å². The van der Waals surface area contributed by atoms with Crippen LogP contribution in [0.25, 0.3) is 10.6 Å². The molecule has 2 heterocycles. The van der Waals surface area contributed by atoms with Crippen LogP contribution in [-0.2, 0) is 11.3 Å². The summed E-state index contributed by atoms with van der Waals surface area (Å²) in [6.07, 6.45) is 5.40. The molecule has 6 nitrogen and oxygen atoms in total. The van der Waals surface area contributed by atoms with E-state index in [4.69, 9.17) is 4.74 Å². The monoisotopic (exact) mass is 475 g/mol. The van der Waals surface area contributed by atoms with Gasteiger partial charge in [-0.15, -0.1) is 11.3 Å². The van der Waals surface area contributed by atoms with Crippen molar-refractivity contribution < 1.29 is 14.3 Å². The summed E-state index contributed by atoms with van der Waals surface area (Å²) < 4.78 is 6.09. The van der Waals surface area contributed by atoms with Gasteiger partial charge in [0.2, 0.25) is 11.8 Å². The van der Waals surface area contributed by atoms with E-state index >= 15 is 0 Å². The Bertz CT molecular complexity index is 1160. The zero-order chi connectivity index (χ0) is 23.5. The number of carbonyl (C=O) groups excluding carboxylic acids is 2. The van der Waals surface area contributed by atoms with Crippen molar-refractivity contribution in [2.75, 3.05) is 6.61 Å². The first kappa shape index (κ1) is 22.6. The van der Waals surface area contributed by atoms with Gasteiger partial charge in [-0.25, -0.2) is 4.98 Å². The van der Waals surface area contributed by atoms with Crippen LogP contribution in [0.15, 0.2) is 60.7 Å². The molecule has 0 spiro atoms. The van der Waals surface area contributed by atoms with Crippen molar-refractivity contribution in [1.82, 2.24) is 15.2 Å². The summed E-state index contributed by atoms with van der Waals surface area (Å²) in [4.78, 5) is 34.3. The van der Waals surface area contributed by atoms with Gasteiger partial charge in [-0.1, -0.05) is 79.9 Å². The lowest BCUT2D eigenvalue weighted by atomic mass is 9.93. The fraction of sp³-hybridized carbons (Fsp3) is 0.370. The van der Waals surface area contributed by atoms with Crippen LogP contribution in [0.1, 0.15) is 54.3 Å².